The molecule has 0 radical (unpaired) electrons. The number of carbonyl (C=O) groups excluding carboxylic acids is 3. The quantitative estimate of drug-likeness (QED) is 0.353. The lowest BCUT2D eigenvalue weighted by molar-refractivity contribution is -0.152. The lowest BCUT2D eigenvalue weighted by Crippen LogP contribution is -2.57. The van der Waals surface area contributed by atoms with Crippen LogP contribution in [0.1, 0.15) is 65.0 Å². The highest BCUT2D eigenvalue weighted by Crippen LogP contribution is 2.42. The van der Waals surface area contributed by atoms with Gasteiger partial charge in [-0.1, -0.05) is 58.9 Å². The molecular formula is C34H46N2O8. The summed E-state index contributed by atoms with van der Waals surface area (Å²) in [6.45, 7) is 9.96. The van der Waals surface area contributed by atoms with Crippen LogP contribution in [0.5, 0.6) is 5.75 Å². The van der Waals surface area contributed by atoms with Crippen molar-refractivity contribution in [2.45, 2.75) is 71.6 Å². The maximum absolute atomic E-state index is 14.3. The number of rotatable bonds is 5. The molecule has 1 N–H and O–H groups in total. The van der Waals surface area contributed by atoms with E-state index < -0.39 is 41.1 Å². The van der Waals surface area contributed by atoms with Crippen molar-refractivity contribution in [3.63, 3.8) is 0 Å². The Morgan fingerprint density at radius 3 is 2.50 bits per heavy atom. The largest absolute Gasteiger partial charge is 0.496 e. The summed E-state index contributed by atoms with van der Waals surface area (Å²) in [5, 5.41) is 4.71. The molecule has 10 heteroatoms. The number of fused-ring (bicyclic) bond motifs is 5. The second-order valence-corrected chi connectivity index (χ2v) is 13.5. The fourth-order valence-electron chi connectivity index (χ4n) is 5.91. The van der Waals surface area contributed by atoms with Crippen molar-refractivity contribution in [1.29, 1.82) is 0 Å². The fraction of sp³-hybridized carbons (Fsp3) is 0.559. The SMILES string of the molecule is COCO[C@@]12C[C@@H](C(=O)OC)N(C1)C(=O)[C@H](C(C)(C)C)NC(=O)OCCC(C)(C)CC=Cc1cc3cc2ccc3cc1OC. The number of nitrogens with zero attached hydrogens (tertiary/aromatic N) is 1. The maximum Gasteiger partial charge on any atom is 0.407 e. The monoisotopic (exact) mass is 610 g/mol. The van der Waals surface area contributed by atoms with Gasteiger partial charge < -0.3 is 33.9 Å². The lowest BCUT2D eigenvalue weighted by Gasteiger charge is -2.35. The number of hydrogen-bond acceptors (Lipinski definition) is 8. The van der Waals surface area contributed by atoms with Gasteiger partial charge in [0.2, 0.25) is 5.91 Å². The number of nitrogens with one attached hydrogen (secondary N) is 1. The minimum absolute atomic E-state index is 0.0425. The molecule has 3 atom stereocenters. The Morgan fingerprint density at radius 1 is 1.09 bits per heavy atom. The first-order valence-corrected chi connectivity index (χ1v) is 15.0. The topological polar surface area (TPSA) is 113 Å². The van der Waals surface area contributed by atoms with Crippen molar-refractivity contribution in [3.05, 3.63) is 47.5 Å². The van der Waals surface area contributed by atoms with Crippen LogP contribution in [0, 0.1) is 10.8 Å². The van der Waals surface area contributed by atoms with E-state index in [4.69, 9.17) is 23.7 Å². The Kier molecular flexibility index (Phi) is 9.95. The van der Waals surface area contributed by atoms with Gasteiger partial charge >= 0.3 is 12.1 Å². The predicted molar refractivity (Wildman–Crippen MR) is 167 cm³/mol. The van der Waals surface area contributed by atoms with Crippen molar-refractivity contribution in [2.75, 3.05) is 41.3 Å². The molecule has 5 bridgehead atoms. The Labute approximate surface area is 260 Å². The van der Waals surface area contributed by atoms with E-state index in [1.165, 1.54) is 19.1 Å². The number of benzene rings is 2. The van der Waals surface area contributed by atoms with Crippen LogP contribution in [-0.4, -0.2) is 76.2 Å². The summed E-state index contributed by atoms with van der Waals surface area (Å²) in [7, 11) is 4.46. The zero-order chi connectivity index (χ0) is 32.3. The van der Waals surface area contributed by atoms with E-state index in [0.717, 1.165) is 34.1 Å². The highest BCUT2D eigenvalue weighted by Gasteiger charge is 2.53. The van der Waals surface area contributed by atoms with Crippen molar-refractivity contribution < 1.29 is 38.1 Å². The third-order valence-electron chi connectivity index (χ3n) is 8.60. The third-order valence-corrected chi connectivity index (χ3v) is 8.60. The molecule has 0 spiro atoms. The van der Waals surface area contributed by atoms with Gasteiger partial charge in [-0.2, -0.15) is 0 Å². The van der Waals surface area contributed by atoms with E-state index in [0.29, 0.717) is 6.42 Å². The number of esters is 1. The van der Waals surface area contributed by atoms with Crippen molar-refractivity contribution in [1.82, 2.24) is 10.2 Å². The Bertz CT molecular complexity index is 1410. The Hall–Kier alpha value is -3.63. The average Bonchev–Trinajstić information content (AvgIpc) is 3.37. The van der Waals surface area contributed by atoms with Gasteiger partial charge in [0.15, 0.2) is 0 Å². The molecule has 2 heterocycles. The number of alkyl carbamates (subject to hydrolysis) is 1. The van der Waals surface area contributed by atoms with Crippen molar-refractivity contribution in [3.8, 4) is 5.75 Å². The molecule has 1 fully saturated rings. The molecule has 4 rings (SSSR count). The average molecular weight is 611 g/mol. The highest BCUT2D eigenvalue weighted by molar-refractivity contribution is 5.92. The zero-order valence-electron chi connectivity index (χ0n) is 27.2. The molecule has 240 valence electrons. The van der Waals surface area contributed by atoms with E-state index in [2.05, 4.69) is 31.3 Å². The van der Waals surface area contributed by atoms with Gasteiger partial charge in [0, 0.05) is 19.1 Å². The molecule has 2 aromatic carbocycles. The van der Waals surface area contributed by atoms with Crippen LogP contribution in [0.4, 0.5) is 4.79 Å². The summed E-state index contributed by atoms with van der Waals surface area (Å²) in [5.41, 5.74) is -0.247. The third kappa shape index (κ3) is 7.18. The molecule has 2 aromatic rings. The van der Waals surface area contributed by atoms with Crippen LogP contribution < -0.4 is 10.1 Å². The molecule has 2 aliphatic rings. The van der Waals surface area contributed by atoms with E-state index >= 15 is 0 Å². The standard InChI is InChI=1S/C34H46N2O8/c1-32(2,3)28-29(37)36-20-34(44-21-40-6,19-26(36)30(38)42-8)25-12-11-22-18-27(41-7)23(16-24(22)17-25)10-9-13-33(4,5)14-15-43-31(39)35-28/h9-12,16-18,26,28H,13-15,19-21H2,1-8H3,(H,35,39)/t26-,28+,34-/m0/s1. The summed E-state index contributed by atoms with van der Waals surface area (Å²) in [4.78, 5) is 42.0. The van der Waals surface area contributed by atoms with E-state index in [9.17, 15) is 14.4 Å². The van der Waals surface area contributed by atoms with Crippen LogP contribution in [0.3, 0.4) is 0 Å². The van der Waals surface area contributed by atoms with Gasteiger partial charge in [-0.15, -0.1) is 0 Å². The highest BCUT2D eigenvalue weighted by atomic mass is 16.7. The maximum atomic E-state index is 14.3. The van der Waals surface area contributed by atoms with Crippen LogP contribution in [0.25, 0.3) is 16.8 Å². The molecule has 0 unspecified atom stereocenters. The molecule has 2 amide bonds. The molecule has 0 aromatic heterocycles. The number of ether oxygens (including phenoxy) is 5. The van der Waals surface area contributed by atoms with Gasteiger partial charge in [-0.25, -0.2) is 9.59 Å². The number of allylic oxidation sites excluding steroid dienone is 1. The summed E-state index contributed by atoms with van der Waals surface area (Å²) in [6.07, 6.45) is 4.97. The number of carbonyl (C=O) groups is 3. The van der Waals surface area contributed by atoms with Gasteiger partial charge in [0.25, 0.3) is 0 Å². The smallest absolute Gasteiger partial charge is 0.407 e. The molecular weight excluding hydrogens is 564 g/mol. The molecule has 44 heavy (non-hydrogen) atoms. The van der Waals surface area contributed by atoms with Crippen LogP contribution >= 0.6 is 0 Å². The van der Waals surface area contributed by atoms with Crippen LogP contribution in [-0.2, 0) is 34.1 Å². The first-order chi connectivity index (χ1) is 20.7. The zero-order valence-corrected chi connectivity index (χ0v) is 27.2. The van der Waals surface area contributed by atoms with Gasteiger partial charge in [0.05, 0.1) is 27.4 Å². The molecule has 1 saturated heterocycles. The van der Waals surface area contributed by atoms with Crippen LogP contribution in [0.15, 0.2) is 36.4 Å². The predicted octanol–water partition coefficient (Wildman–Crippen LogP) is 5.41. The first kappa shape index (κ1) is 33.3. The second kappa shape index (κ2) is 13.2. The number of hydrogen-bond donors (Lipinski definition) is 1. The minimum atomic E-state index is -1.09. The van der Waals surface area contributed by atoms with Gasteiger partial charge in [0.1, 0.15) is 30.2 Å². The summed E-state index contributed by atoms with van der Waals surface area (Å²) in [5.74, 6) is -0.256. The fourth-order valence-corrected chi connectivity index (χ4v) is 5.91. The normalized spacial score (nSPS) is 24.4. The number of cyclic esters (lactones) is 1. The van der Waals surface area contributed by atoms with Crippen molar-refractivity contribution >= 4 is 34.8 Å². The molecule has 0 saturated carbocycles. The molecule has 10 nitrogen and oxygen atoms in total. The van der Waals surface area contributed by atoms with E-state index in [-0.39, 0.29) is 31.8 Å². The second-order valence-electron chi connectivity index (χ2n) is 13.5. The first-order valence-electron chi connectivity index (χ1n) is 15.0. The number of amides is 2. The molecule has 0 aliphatic carbocycles. The number of methoxy groups -OCH3 is 3. The van der Waals surface area contributed by atoms with Gasteiger partial charge in [-0.3, -0.25) is 4.79 Å². The minimum Gasteiger partial charge on any atom is -0.496 e. The summed E-state index contributed by atoms with van der Waals surface area (Å²) in [6, 6.07) is 8.08. The Balaban J connectivity index is 1.90. The van der Waals surface area contributed by atoms with Crippen LogP contribution in [0.2, 0.25) is 0 Å². The lowest BCUT2D eigenvalue weighted by atomic mass is 9.85. The van der Waals surface area contributed by atoms with E-state index in [1.54, 1.807) is 7.11 Å². The van der Waals surface area contributed by atoms with Crippen molar-refractivity contribution in [2.24, 2.45) is 10.8 Å². The van der Waals surface area contributed by atoms with E-state index in [1.807, 2.05) is 51.1 Å². The molecule has 2 aliphatic heterocycles. The Morgan fingerprint density at radius 2 is 1.84 bits per heavy atom. The van der Waals surface area contributed by atoms with Gasteiger partial charge in [-0.05, 0) is 58.2 Å². The summed E-state index contributed by atoms with van der Waals surface area (Å²) < 4.78 is 28.1. The summed E-state index contributed by atoms with van der Waals surface area (Å²) >= 11 is 0.